The summed E-state index contributed by atoms with van der Waals surface area (Å²) in [5.74, 6) is 0. The van der Waals surface area contributed by atoms with Crippen LogP contribution in [-0.4, -0.2) is 20.3 Å². The Bertz CT molecular complexity index is 484. The molecule has 0 spiro atoms. The molecule has 2 aromatic rings. The van der Waals surface area contributed by atoms with Gasteiger partial charge in [0.1, 0.15) is 0 Å². The van der Waals surface area contributed by atoms with Gasteiger partial charge in [-0.2, -0.15) is 0 Å². The fourth-order valence-electron chi connectivity index (χ4n) is 1.52. The van der Waals surface area contributed by atoms with Crippen molar-refractivity contribution in [2.45, 2.75) is 0 Å². The first-order valence-corrected chi connectivity index (χ1v) is 5.62. The van der Waals surface area contributed by atoms with Gasteiger partial charge < -0.3 is 4.90 Å². The van der Waals surface area contributed by atoms with Crippen LogP contribution in [0.2, 0.25) is 0 Å². The van der Waals surface area contributed by atoms with Crippen molar-refractivity contribution in [3.05, 3.63) is 60.2 Å². The van der Waals surface area contributed by atoms with Crippen molar-refractivity contribution in [1.29, 1.82) is 0 Å². The Balaban J connectivity index is 2.12. The second-order valence-electron chi connectivity index (χ2n) is 4.08. The zero-order valence-corrected chi connectivity index (χ0v) is 10.2. The van der Waals surface area contributed by atoms with Crippen LogP contribution in [0, 0.1) is 0 Å². The van der Waals surface area contributed by atoms with Crippen LogP contribution in [0.4, 0.5) is 11.4 Å². The van der Waals surface area contributed by atoms with Gasteiger partial charge >= 0.3 is 0 Å². The maximum atomic E-state index is 4.41. The molecule has 0 saturated heterocycles. The molecule has 0 aromatic heterocycles. The van der Waals surface area contributed by atoms with Gasteiger partial charge in [-0.05, 0) is 29.8 Å². The number of nitrogens with zero attached hydrogens (tertiary/aromatic N) is 2. The van der Waals surface area contributed by atoms with Crippen LogP contribution in [-0.2, 0) is 0 Å². The van der Waals surface area contributed by atoms with E-state index in [0.29, 0.717) is 0 Å². The molecule has 0 bridgehead atoms. The summed E-state index contributed by atoms with van der Waals surface area (Å²) < 4.78 is 0. The van der Waals surface area contributed by atoms with Crippen molar-refractivity contribution in [1.82, 2.24) is 0 Å². The van der Waals surface area contributed by atoms with E-state index in [2.05, 4.69) is 34.2 Å². The highest BCUT2D eigenvalue weighted by molar-refractivity contribution is 5.82. The van der Waals surface area contributed by atoms with Crippen LogP contribution in [0.15, 0.2) is 59.6 Å². The second kappa shape index (κ2) is 5.30. The topological polar surface area (TPSA) is 15.6 Å². The van der Waals surface area contributed by atoms with Gasteiger partial charge in [-0.1, -0.05) is 30.3 Å². The summed E-state index contributed by atoms with van der Waals surface area (Å²) in [4.78, 5) is 6.49. The Morgan fingerprint density at radius 3 is 2.12 bits per heavy atom. The molecular weight excluding hydrogens is 208 g/mol. The minimum atomic E-state index is 0.976. The van der Waals surface area contributed by atoms with E-state index in [1.807, 2.05) is 50.6 Å². The van der Waals surface area contributed by atoms with E-state index in [9.17, 15) is 0 Å². The third-order valence-electron chi connectivity index (χ3n) is 2.53. The molecule has 0 unspecified atom stereocenters. The van der Waals surface area contributed by atoms with E-state index in [1.165, 1.54) is 5.69 Å². The molecule has 0 saturated carbocycles. The van der Waals surface area contributed by atoms with Gasteiger partial charge in [0.25, 0.3) is 0 Å². The number of anilines is 1. The summed E-state index contributed by atoms with van der Waals surface area (Å²) in [5, 5.41) is 0. The van der Waals surface area contributed by atoms with Crippen molar-refractivity contribution in [2.24, 2.45) is 4.99 Å². The van der Waals surface area contributed by atoms with Crippen LogP contribution in [0.5, 0.6) is 0 Å². The van der Waals surface area contributed by atoms with Gasteiger partial charge in [0.15, 0.2) is 0 Å². The fourth-order valence-corrected chi connectivity index (χ4v) is 1.52. The quantitative estimate of drug-likeness (QED) is 0.728. The molecule has 0 radical (unpaired) electrons. The molecule has 0 atom stereocenters. The number of para-hydroxylation sites is 1. The molecule has 0 aliphatic carbocycles. The number of hydrogen-bond donors (Lipinski definition) is 0. The van der Waals surface area contributed by atoms with Crippen LogP contribution >= 0.6 is 0 Å². The highest BCUT2D eigenvalue weighted by atomic mass is 15.1. The predicted molar refractivity (Wildman–Crippen MR) is 74.5 cm³/mol. The zero-order valence-electron chi connectivity index (χ0n) is 10.2. The lowest BCUT2D eigenvalue weighted by Crippen LogP contribution is -2.08. The first-order valence-electron chi connectivity index (χ1n) is 5.62. The highest BCUT2D eigenvalue weighted by Crippen LogP contribution is 2.13. The van der Waals surface area contributed by atoms with Gasteiger partial charge in [0.05, 0.1) is 5.69 Å². The molecule has 2 aromatic carbocycles. The molecule has 17 heavy (non-hydrogen) atoms. The predicted octanol–water partition coefficient (Wildman–Crippen LogP) is 3.50. The van der Waals surface area contributed by atoms with Crippen LogP contribution in [0.1, 0.15) is 5.56 Å². The van der Waals surface area contributed by atoms with E-state index in [0.717, 1.165) is 11.3 Å². The van der Waals surface area contributed by atoms with Crippen LogP contribution in [0.3, 0.4) is 0 Å². The van der Waals surface area contributed by atoms with Crippen molar-refractivity contribution in [3.63, 3.8) is 0 Å². The third-order valence-corrected chi connectivity index (χ3v) is 2.53. The van der Waals surface area contributed by atoms with E-state index in [1.54, 1.807) is 0 Å². The number of benzene rings is 2. The van der Waals surface area contributed by atoms with Crippen molar-refractivity contribution < 1.29 is 0 Å². The van der Waals surface area contributed by atoms with Gasteiger partial charge in [-0.25, -0.2) is 0 Å². The Hall–Kier alpha value is -2.09. The lowest BCUT2D eigenvalue weighted by molar-refractivity contribution is 1.13. The number of rotatable bonds is 3. The first-order chi connectivity index (χ1) is 8.25. The summed E-state index contributed by atoms with van der Waals surface area (Å²) in [5.41, 5.74) is 3.28. The second-order valence-corrected chi connectivity index (χ2v) is 4.08. The Labute approximate surface area is 102 Å². The summed E-state index contributed by atoms with van der Waals surface area (Å²) in [6.45, 7) is 0. The molecule has 2 nitrogen and oxygen atoms in total. The van der Waals surface area contributed by atoms with E-state index >= 15 is 0 Å². The van der Waals surface area contributed by atoms with Crippen molar-refractivity contribution >= 4 is 17.6 Å². The Kier molecular flexibility index (Phi) is 3.55. The lowest BCUT2D eigenvalue weighted by atomic mass is 10.2. The third kappa shape index (κ3) is 3.18. The Morgan fingerprint density at radius 2 is 1.53 bits per heavy atom. The molecule has 0 fully saturated rings. The molecule has 0 aliphatic rings. The molecule has 86 valence electrons. The smallest absolute Gasteiger partial charge is 0.0629 e. The van der Waals surface area contributed by atoms with Crippen molar-refractivity contribution in [2.75, 3.05) is 19.0 Å². The molecule has 0 amide bonds. The van der Waals surface area contributed by atoms with E-state index in [4.69, 9.17) is 0 Å². The monoisotopic (exact) mass is 224 g/mol. The average Bonchev–Trinajstić information content (AvgIpc) is 2.38. The first kappa shape index (κ1) is 11.4. The molecule has 2 heteroatoms. The zero-order chi connectivity index (χ0) is 12.1. The van der Waals surface area contributed by atoms with Gasteiger partial charge in [0, 0.05) is 26.0 Å². The molecular formula is C15H16N2. The summed E-state index contributed by atoms with van der Waals surface area (Å²) in [7, 11) is 4.07. The molecule has 0 heterocycles. The minimum absolute atomic E-state index is 0.976. The normalized spacial score (nSPS) is 10.7. The summed E-state index contributed by atoms with van der Waals surface area (Å²) >= 11 is 0. The van der Waals surface area contributed by atoms with Crippen LogP contribution in [0.25, 0.3) is 0 Å². The van der Waals surface area contributed by atoms with Gasteiger partial charge in [0.2, 0.25) is 0 Å². The van der Waals surface area contributed by atoms with E-state index < -0.39 is 0 Å². The lowest BCUT2D eigenvalue weighted by Gasteiger charge is -2.11. The van der Waals surface area contributed by atoms with E-state index in [-0.39, 0.29) is 0 Å². The minimum Gasteiger partial charge on any atom is -0.378 e. The average molecular weight is 224 g/mol. The maximum absolute atomic E-state index is 4.41. The molecule has 2 rings (SSSR count). The van der Waals surface area contributed by atoms with Crippen molar-refractivity contribution in [3.8, 4) is 0 Å². The SMILES string of the molecule is CN(C)c1ccc(C=Nc2ccccc2)cc1. The molecule has 0 aliphatic heterocycles. The summed E-state index contributed by atoms with van der Waals surface area (Å²) in [6, 6.07) is 18.3. The number of aliphatic imine (C=N–C) groups is 1. The summed E-state index contributed by atoms with van der Waals surface area (Å²) in [6.07, 6.45) is 1.88. The standard InChI is InChI=1S/C15H16N2/c1-17(2)15-10-8-13(9-11-15)12-16-14-6-4-3-5-7-14/h3-12H,1-2H3. The highest BCUT2D eigenvalue weighted by Gasteiger charge is 1.93. The maximum Gasteiger partial charge on any atom is 0.0629 e. The Morgan fingerprint density at radius 1 is 0.882 bits per heavy atom. The largest absolute Gasteiger partial charge is 0.378 e. The van der Waals surface area contributed by atoms with Gasteiger partial charge in [-0.15, -0.1) is 0 Å². The fraction of sp³-hybridized carbons (Fsp3) is 0.133. The van der Waals surface area contributed by atoms with Gasteiger partial charge in [-0.3, -0.25) is 4.99 Å². The van der Waals surface area contributed by atoms with Crippen LogP contribution < -0.4 is 4.90 Å². The number of hydrogen-bond acceptors (Lipinski definition) is 2. The molecule has 0 N–H and O–H groups in total.